The van der Waals surface area contributed by atoms with Gasteiger partial charge in [0.15, 0.2) is 0 Å². The first-order chi connectivity index (χ1) is 8.66. The van der Waals surface area contributed by atoms with Crippen LogP contribution in [0.15, 0.2) is 24.3 Å². The van der Waals surface area contributed by atoms with Crippen molar-refractivity contribution in [1.82, 2.24) is 4.90 Å². The Morgan fingerprint density at radius 1 is 1.50 bits per heavy atom. The molecule has 4 nitrogen and oxygen atoms in total. The SMILES string of the molecule is CC(CCC(=O)O)N1CCOc2ccccc2C1. The van der Waals surface area contributed by atoms with Crippen LogP contribution >= 0.6 is 0 Å². The van der Waals surface area contributed by atoms with E-state index in [0.717, 1.165) is 18.8 Å². The minimum atomic E-state index is -0.728. The lowest BCUT2D eigenvalue weighted by molar-refractivity contribution is -0.137. The molecule has 0 saturated carbocycles. The molecule has 0 spiro atoms. The van der Waals surface area contributed by atoms with Gasteiger partial charge < -0.3 is 9.84 Å². The van der Waals surface area contributed by atoms with Crippen molar-refractivity contribution < 1.29 is 14.6 Å². The molecule has 0 saturated heterocycles. The summed E-state index contributed by atoms with van der Waals surface area (Å²) in [6.07, 6.45) is 0.900. The maximum atomic E-state index is 10.6. The Labute approximate surface area is 107 Å². The van der Waals surface area contributed by atoms with Crippen molar-refractivity contribution in [3.05, 3.63) is 29.8 Å². The summed E-state index contributed by atoms with van der Waals surface area (Å²) in [4.78, 5) is 12.9. The summed E-state index contributed by atoms with van der Waals surface area (Å²) < 4.78 is 5.70. The lowest BCUT2D eigenvalue weighted by Gasteiger charge is -2.26. The zero-order valence-corrected chi connectivity index (χ0v) is 10.6. The Morgan fingerprint density at radius 3 is 3.06 bits per heavy atom. The van der Waals surface area contributed by atoms with Crippen molar-refractivity contribution >= 4 is 5.97 Å². The molecule has 1 aromatic rings. The molecule has 1 heterocycles. The van der Waals surface area contributed by atoms with Gasteiger partial charge in [-0.1, -0.05) is 18.2 Å². The summed E-state index contributed by atoms with van der Waals surface area (Å²) in [5.41, 5.74) is 1.18. The molecule has 98 valence electrons. The third-order valence-corrected chi connectivity index (χ3v) is 3.38. The highest BCUT2D eigenvalue weighted by molar-refractivity contribution is 5.66. The molecule has 1 aliphatic rings. The van der Waals surface area contributed by atoms with E-state index in [0.29, 0.717) is 13.0 Å². The molecule has 1 unspecified atom stereocenters. The molecule has 0 aromatic heterocycles. The van der Waals surface area contributed by atoms with Gasteiger partial charge in [0.05, 0.1) is 0 Å². The summed E-state index contributed by atoms with van der Waals surface area (Å²) in [6.45, 7) is 4.41. The summed E-state index contributed by atoms with van der Waals surface area (Å²) in [7, 11) is 0. The van der Waals surface area contributed by atoms with E-state index < -0.39 is 5.97 Å². The fraction of sp³-hybridized carbons (Fsp3) is 0.500. The van der Waals surface area contributed by atoms with E-state index in [1.54, 1.807) is 0 Å². The minimum Gasteiger partial charge on any atom is -0.492 e. The number of rotatable bonds is 4. The first-order valence-electron chi connectivity index (χ1n) is 6.33. The number of para-hydroxylation sites is 1. The second-order valence-corrected chi connectivity index (χ2v) is 4.71. The van der Waals surface area contributed by atoms with Gasteiger partial charge in [-0.2, -0.15) is 0 Å². The van der Waals surface area contributed by atoms with Crippen molar-refractivity contribution in [3.63, 3.8) is 0 Å². The Hall–Kier alpha value is -1.55. The van der Waals surface area contributed by atoms with Crippen LogP contribution in [0.2, 0.25) is 0 Å². The molecule has 0 fully saturated rings. The number of nitrogens with zero attached hydrogens (tertiary/aromatic N) is 1. The molecular weight excluding hydrogens is 230 g/mol. The Balaban J connectivity index is 2.01. The second-order valence-electron chi connectivity index (χ2n) is 4.71. The van der Waals surface area contributed by atoms with Crippen molar-refractivity contribution in [1.29, 1.82) is 0 Å². The van der Waals surface area contributed by atoms with Crippen LogP contribution < -0.4 is 4.74 Å². The van der Waals surface area contributed by atoms with Gasteiger partial charge in [-0.3, -0.25) is 9.69 Å². The predicted octanol–water partition coefficient (Wildman–Crippen LogP) is 2.13. The van der Waals surface area contributed by atoms with Crippen LogP contribution in [0, 0.1) is 0 Å². The van der Waals surface area contributed by atoms with Crippen molar-refractivity contribution in [3.8, 4) is 5.75 Å². The molecule has 0 amide bonds. The molecular formula is C14H19NO3. The van der Waals surface area contributed by atoms with E-state index in [1.165, 1.54) is 5.56 Å². The van der Waals surface area contributed by atoms with Gasteiger partial charge in [-0.15, -0.1) is 0 Å². The molecule has 4 heteroatoms. The highest BCUT2D eigenvalue weighted by atomic mass is 16.5. The van der Waals surface area contributed by atoms with Gasteiger partial charge in [-0.05, 0) is 19.4 Å². The number of ether oxygens (including phenoxy) is 1. The van der Waals surface area contributed by atoms with E-state index in [4.69, 9.17) is 9.84 Å². The monoisotopic (exact) mass is 249 g/mol. The lowest BCUT2D eigenvalue weighted by atomic mass is 10.1. The van der Waals surface area contributed by atoms with Gasteiger partial charge in [-0.25, -0.2) is 0 Å². The highest BCUT2D eigenvalue weighted by Crippen LogP contribution is 2.24. The van der Waals surface area contributed by atoms with E-state index in [2.05, 4.69) is 17.9 Å². The predicted molar refractivity (Wildman–Crippen MR) is 68.7 cm³/mol. The molecule has 1 N–H and O–H groups in total. The van der Waals surface area contributed by atoms with Gasteiger partial charge in [0.1, 0.15) is 12.4 Å². The van der Waals surface area contributed by atoms with Crippen LogP contribution in [-0.4, -0.2) is 35.2 Å². The normalized spacial score (nSPS) is 17.4. The number of carboxylic acids is 1. The maximum absolute atomic E-state index is 10.6. The third kappa shape index (κ3) is 3.23. The zero-order chi connectivity index (χ0) is 13.0. The summed E-state index contributed by atoms with van der Waals surface area (Å²) in [5, 5.41) is 8.73. The Morgan fingerprint density at radius 2 is 2.28 bits per heavy atom. The fourth-order valence-corrected chi connectivity index (χ4v) is 2.24. The molecule has 1 aromatic carbocycles. The summed E-state index contributed by atoms with van der Waals surface area (Å²) >= 11 is 0. The number of benzene rings is 1. The van der Waals surface area contributed by atoms with Gasteiger partial charge in [0, 0.05) is 31.1 Å². The standard InChI is InChI=1S/C14H19NO3/c1-11(6-7-14(16)17)15-8-9-18-13-5-3-2-4-12(13)10-15/h2-5,11H,6-10H2,1H3,(H,16,17). The first kappa shape index (κ1) is 12.9. The molecule has 18 heavy (non-hydrogen) atoms. The Bertz CT molecular complexity index is 419. The minimum absolute atomic E-state index is 0.222. The number of carboxylic acid groups (broad SMARTS) is 1. The number of carbonyl (C=O) groups is 1. The third-order valence-electron chi connectivity index (χ3n) is 3.38. The van der Waals surface area contributed by atoms with Crippen LogP contribution in [0.25, 0.3) is 0 Å². The average Bonchev–Trinajstić information content (AvgIpc) is 2.57. The molecule has 0 aliphatic carbocycles. The molecule has 1 atom stereocenters. The van der Waals surface area contributed by atoms with E-state index in [-0.39, 0.29) is 12.5 Å². The zero-order valence-electron chi connectivity index (χ0n) is 10.6. The van der Waals surface area contributed by atoms with Crippen LogP contribution in [0.4, 0.5) is 0 Å². The molecule has 0 bridgehead atoms. The number of fused-ring (bicyclic) bond motifs is 1. The average molecular weight is 249 g/mol. The van der Waals surface area contributed by atoms with E-state index >= 15 is 0 Å². The van der Waals surface area contributed by atoms with Gasteiger partial charge >= 0.3 is 5.97 Å². The fourth-order valence-electron chi connectivity index (χ4n) is 2.24. The summed E-state index contributed by atoms with van der Waals surface area (Å²) in [6, 6.07) is 8.30. The lowest BCUT2D eigenvalue weighted by Crippen LogP contribution is -2.34. The number of hydrogen-bond acceptors (Lipinski definition) is 3. The quantitative estimate of drug-likeness (QED) is 0.888. The maximum Gasteiger partial charge on any atom is 0.303 e. The first-order valence-corrected chi connectivity index (χ1v) is 6.33. The van der Waals surface area contributed by atoms with Crippen LogP contribution in [-0.2, 0) is 11.3 Å². The van der Waals surface area contributed by atoms with Gasteiger partial charge in [0.2, 0.25) is 0 Å². The highest BCUT2D eigenvalue weighted by Gasteiger charge is 2.19. The number of hydrogen-bond donors (Lipinski definition) is 1. The van der Waals surface area contributed by atoms with Crippen molar-refractivity contribution in [2.75, 3.05) is 13.2 Å². The van der Waals surface area contributed by atoms with Crippen molar-refractivity contribution in [2.45, 2.75) is 32.4 Å². The topological polar surface area (TPSA) is 49.8 Å². The smallest absolute Gasteiger partial charge is 0.303 e. The van der Waals surface area contributed by atoms with Gasteiger partial charge in [0.25, 0.3) is 0 Å². The van der Waals surface area contributed by atoms with Crippen molar-refractivity contribution in [2.24, 2.45) is 0 Å². The number of aliphatic carboxylic acids is 1. The second kappa shape index (κ2) is 5.87. The van der Waals surface area contributed by atoms with Crippen LogP contribution in [0.1, 0.15) is 25.3 Å². The molecule has 2 rings (SSSR count). The molecule has 0 radical (unpaired) electrons. The van der Waals surface area contributed by atoms with E-state index in [9.17, 15) is 4.79 Å². The van der Waals surface area contributed by atoms with Crippen LogP contribution in [0.3, 0.4) is 0 Å². The largest absolute Gasteiger partial charge is 0.492 e. The van der Waals surface area contributed by atoms with Crippen LogP contribution in [0.5, 0.6) is 5.75 Å². The summed E-state index contributed by atoms with van der Waals surface area (Å²) in [5.74, 6) is 0.221. The molecule has 1 aliphatic heterocycles. The Kier molecular flexibility index (Phi) is 4.20. The van der Waals surface area contributed by atoms with E-state index in [1.807, 2.05) is 18.2 Å².